The molecule has 4 nitrogen and oxygen atoms in total. The average Bonchev–Trinajstić information content (AvgIpc) is 2.86. The van der Waals surface area contributed by atoms with E-state index < -0.39 is 0 Å². The topological polar surface area (TPSA) is 33.5 Å². The van der Waals surface area contributed by atoms with Gasteiger partial charge in [-0.05, 0) is 91.9 Å². The molecule has 0 unspecified atom stereocenters. The summed E-state index contributed by atoms with van der Waals surface area (Å²) < 4.78 is 0. The number of benzene rings is 3. The molecule has 0 bridgehead atoms. The first-order valence-corrected chi connectivity index (χ1v) is 13.2. The van der Waals surface area contributed by atoms with Gasteiger partial charge < -0.3 is 14.7 Å². The maximum absolute atomic E-state index is 10.4. The molecule has 0 aliphatic carbocycles. The number of hydrogen-bond acceptors (Lipinski definition) is 5. The first kappa shape index (κ1) is 23.7. The number of nitriles is 1. The van der Waals surface area contributed by atoms with Crippen molar-refractivity contribution in [2.45, 2.75) is 33.7 Å². The lowest BCUT2D eigenvalue weighted by Gasteiger charge is -2.49. The molecular weight excluding hydrogens is 472 g/mol. The summed E-state index contributed by atoms with van der Waals surface area (Å²) in [5.41, 5.74) is 9.31. The Morgan fingerprint density at radius 1 is 0.800 bits per heavy atom. The van der Waals surface area contributed by atoms with Crippen molar-refractivity contribution in [2.75, 3.05) is 29.0 Å². The van der Waals surface area contributed by atoms with Gasteiger partial charge in [-0.2, -0.15) is 5.26 Å². The van der Waals surface area contributed by atoms with Crippen LogP contribution in [0.25, 0.3) is 0 Å². The predicted molar refractivity (Wildman–Crippen MR) is 148 cm³/mol. The summed E-state index contributed by atoms with van der Waals surface area (Å²) in [6.07, 6.45) is 0. The first-order valence-electron chi connectivity index (χ1n) is 11.8. The molecule has 1 atom stereocenters. The Hall–Kier alpha value is -3.07. The lowest BCUT2D eigenvalue weighted by atomic mass is 9.95. The van der Waals surface area contributed by atoms with E-state index in [1.165, 1.54) is 27.9 Å². The van der Waals surface area contributed by atoms with Crippen LogP contribution in [-0.2, 0) is 0 Å². The van der Waals surface area contributed by atoms with Crippen molar-refractivity contribution < 1.29 is 0 Å². The molecule has 2 aliphatic rings. The number of hydrogen-bond donors (Lipinski definition) is 0. The molecule has 0 radical (unpaired) electrons. The van der Waals surface area contributed by atoms with Gasteiger partial charge in [0, 0.05) is 16.4 Å². The van der Waals surface area contributed by atoms with E-state index in [0.717, 1.165) is 34.4 Å². The van der Waals surface area contributed by atoms with Crippen molar-refractivity contribution in [2.24, 2.45) is 0 Å². The third-order valence-corrected chi connectivity index (χ3v) is 8.55. The standard InChI is InChI=1S/C29H29ClN4S/c1-19-5-11-25(13-21(19)3)33-16-32-17-34(26-12-6-20(2)22(4)14-26)28(23-7-9-24(30)10-8-23)27(15-31)29(32)35-18-33/h5-14,28H,16-18H2,1-4H3/t28-/m0/s1. The van der Waals surface area contributed by atoms with Gasteiger partial charge in [-0.3, -0.25) is 0 Å². The Morgan fingerprint density at radius 2 is 1.43 bits per heavy atom. The van der Waals surface area contributed by atoms with Crippen LogP contribution in [0.1, 0.15) is 33.9 Å². The van der Waals surface area contributed by atoms with E-state index in [1.807, 2.05) is 24.3 Å². The van der Waals surface area contributed by atoms with Gasteiger partial charge in [0.2, 0.25) is 0 Å². The summed E-state index contributed by atoms with van der Waals surface area (Å²) in [6, 6.07) is 23.6. The van der Waals surface area contributed by atoms with Gasteiger partial charge in [0.1, 0.15) is 6.07 Å². The fourth-order valence-corrected chi connectivity index (χ4v) is 6.00. The summed E-state index contributed by atoms with van der Waals surface area (Å²) in [6.45, 7) is 10.0. The Balaban J connectivity index is 1.58. The molecule has 178 valence electrons. The second kappa shape index (κ2) is 9.53. The van der Waals surface area contributed by atoms with Gasteiger partial charge in [0.05, 0.1) is 35.9 Å². The van der Waals surface area contributed by atoms with Crippen LogP contribution in [-0.4, -0.2) is 24.1 Å². The third-order valence-electron chi connectivity index (χ3n) is 7.11. The number of rotatable bonds is 3. The van der Waals surface area contributed by atoms with Crippen molar-refractivity contribution in [3.05, 3.63) is 104 Å². The number of thioether (sulfide) groups is 1. The molecule has 2 heterocycles. The second-order valence-electron chi connectivity index (χ2n) is 9.43. The van der Waals surface area contributed by atoms with Crippen molar-refractivity contribution in [1.82, 2.24) is 4.90 Å². The smallest absolute Gasteiger partial charge is 0.100 e. The SMILES string of the molecule is Cc1ccc(N2CSC3=C(C#N)[C@H](c4ccc(Cl)cc4)N(c4ccc(C)c(C)c4)CN3C2)cc1C. The Bertz CT molecular complexity index is 1340. The zero-order chi connectivity index (χ0) is 24.7. The third kappa shape index (κ3) is 4.49. The highest BCUT2D eigenvalue weighted by Gasteiger charge is 2.38. The molecule has 2 aliphatic heterocycles. The van der Waals surface area contributed by atoms with Crippen molar-refractivity contribution in [3.63, 3.8) is 0 Å². The van der Waals surface area contributed by atoms with Gasteiger partial charge in [-0.25, -0.2) is 0 Å². The van der Waals surface area contributed by atoms with Crippen LogP contribution in [0.15, 0.2) is 71.3 Å². The van der Waals surface area contributed by atoms with Gasteiger partial charge in [0.15, 0.2) is 0 Å². The Morgan fingerprint density at radius 3 is 2.06 bits per heavy atom. The number of fused-ring (bicyclic) bond motifs is 1. The van der Waals surface area contributed by atoms with Crippen molar-refractivity contribution in [1.29, 1.82) is 5.26 Å². The van der Waals surface area contributed by atoms with E-state index in [4.69, 9.17) is 11.6 Å². The molecule has 5 rings (SSSR count). The molecule has 3 aromatic carbocycles. The summed E-state index contributed by atoms with van der Waals surface area (Å²) in [5, 5.41) is 12.2. The molecule has 1 saturated heterocycles. The second-order valence-corrected chi connectivity index (χ2v) is 10.8. The summed E-state index contributed by atoms with van der Waals surface area (Å²) >= 11 is 7.96. The minimum absolute atomic E-state index is 0.161. The molecule has 0 saturated carbocycles. The zero-order valence-corrected chi connectivity index (χ0v) is 22.1. The summed E-state index contributed by atoms with van der Waals surface area (Å²) in [4.78, 5) is 7.07. The molecule has 0 aromatic heterocycles. The quantitative estimate of drug-likeness (QED) is 0.377. The average molecular weight is 501 g/mol. The first-order chi connectivity index (χ1) is 16.9. The minimum Gasteiger partial charge on any atom is -0.344 e. The summed E-state index contributed by atoms with van der Waals surface area (Å²) in [5.74, 6) is 0.816. The molecule has 0 N–H and O–H groups in total. The van der Waals surface area contributed by atoms with E-state index in [2.05, 4.69) is 84.9 Å². The van der Waals surface area contributed by atoms with E-state index in [1.54, 1.807) is 11.8 Å². The monoisotopic (exact) mass is 500 g/mol. The Labute approximate surface area is 217 Å². The summed E-state index contributed by atoms with van der Waals surface area (Å²) in [7, 11) is 0. The zero-order valence-electron chi connectivity index (χ0n) is 20.5. The van der Waals surface area contributed by atoms with E-state index in [-0.39, 0.29) is 6.04 Å². The Kier molecular flexibility index (Phi) is 6.44. The molecule has 35 heavy (non-hydrogen) atoms. The lowest BCUT2D eigenvalue weighted by Crippen LogP contribution is -2.51. The number of anilines is 2. The van der Waals surface area contributed by atoms with Crippen LogP contribution in [0, 0.1) is 39.0 Å². The van der Waals surface area contributed by atoms with Crippen LogP contribution < -0.4 is 9.80 Å². The van der Waals surface area contributed by atoms with E-state index in [9.17, 15) is 5.26 Å². The number of aryl methyl sites for hydroxylation is 4. The largest absolute Gasteiger partial charge is 0.344 e. The van der Waals surface area contributed by atoms with Crippen molar-refractivity contribution in [3.8, 4) is 6.07 Å². The highest BCUT2D eigenvalue weighted by Crippen LogP contribution is 2.45. The van der Waals surface area contributed by atoms with Gasteiger partial charge in [0.25, 0.3) is 0 Å². The fraction of sp³-hybridized carbons (Fsp3) is 0.276. The highest BCUT2D eigenvalue weighted by molar-refractivity contribution is 8.03. The fourth-order valence-electron chi connectivity index (χ4n) is 4.75. The molecule has 0 spiro atoms. The van der Waals surface area contributed by atoms with E-state index >= 15 is 0 Å². The molecular formula is C29H29ClN4S. The minimum atomic E-state index is -0.161. The van der Waals surface area contributed by atoms with Gasteiger partial charge in [-0.1, -0.05) is 47.6 Å². The highest BCUT2D eigenvalue weighted by atomic mass is 35.5. The maximum atomic E-state index is 10.4. The van der Waals surface area contributed by atoms with Crippen LogP contribution >= 0.6 is 23.4 Å². The molecule has 6 heteroatoms. The molecule has 1 fully saturated rings. The predicted octanol–water partition coefficient (Wildman–Crippen LogP) is 7.30. The maximum Gasteiger partial charge on any atom is 0.100 e. The van der Waals surface area contributed by atoms with E-state index in [0.29, 0.717) is 11.7 Å². The van der Waals surface area contributed by atoms with Crippen LogP contribution in [0.4, 0.5) is 11.4 Å². The van der Waals surface area contributed by atoms with Gasteiger partial charge >= 0.3 is 0 Å². The number of nitrogens with zero attached hydrogens (tertiary/aromatic N) is 4. The van der Waals surface area contributed by atoms with Crippen LogP contribution in [0.2, 0.25) is 5.02 Å². The van der Waals surface area contributed by atoms with Crippen LogP contribution in [0.5, 0.6) is 0 Å². The normalized spacial score (nSPS) is 17.9. The van der Waals surface area contributed by atoms with Crippen LogP contribution in [0.3, 0.4) is 0 Å². The lowest BCUT2D eigenvalue weighted by molar-refractivity contribution is 0.326. The van der Waals surface area contributed by atoms with Crippen molar-refractivity contribution >= 4 is 34.7 Å². The number of halogens is 1. The molecule has 0 amide bonds. The van der Waals surface area contributed by atoms with Gasteiger partial charge in [-0.15, -0.1) is 0 Å². The molecule has 3 aromatic rings.